The van der Waals surface area contributed by atoms with Crippen molar-refractivity contribution in [3.63, 3.8) is 0 Å². The molecule has 0 spiro atoms. The summed E-state index contributed by atoms with van der Waals surface area (Å²) in [4.78, 5) is 270. The molecule has 26 N–H and O–H groups in total. The summed E-state index contributed by atoms with van der Waals surface area (Å²) in [7, 11) is 0. The minimum absolute atomic E-state index is 0.0255. The quantitative estimate of drug-likeness (QED) is 0.0116. The van der Waals surface area contributed by atoms with Crippen LogP contribution in [0.3, 0.4) is 0 Å². The summed E-state index contributed by atoms with van der Waals surface area (Å²) >= 11 is 0. The van der Waals surface area contributed by atoms with Gasteiger partial charge in [-0.2, -0.15) is 13.2 Å². The van der Waals surface area contributed by atoms with Gasteiger partial charge in [0.05, 0.1) is 31.8 Å². The van der Waals surface area contributed by atoms with E-state index in [2.05, 4.69) is 104 Å². The molecule has 3 aromatic heterocycles. The van der Waals surface area contributed by atoms with Gasteiger partial charge in [-0.3, -0.25) is 82.1 Å². The van der Waals surface area contributed by atoms with Gasteiger partial charge < -0.3 is 126 Å². The second kappa shape index (κ2) is 54.5. The average Bonchev–Trinajstić information content (AvgIpc) is 1.62. The van der Waals surface area contributed by atoms with E-state index in [-0.39, 0.29) is 95.4 Å². The highest BCUT2D eigenvalue weighted by atomic mass is 19.4. The first-order valence-corrected chi connectivity index (χ1v) is 44.1. The third-order valence-electron chi connectivity index (χ3n) is 22.0. The van der Waals surface area contributed by atoms with Crippen LogP contribution in [0.5, 0.6) is 5.75 Å². The largest absolute Gasteiger partial charge is 0.508 e. The second-order valence-electron chi connectivity index (χ2n) is 34.1. The third-order valence-corrected chi connectivity index (χ3v) is 22.0. The number of amides is 15. The number of aromatic nitrogens is 6. The van der Waals surface area contributed by atoms with Crippen LogP contribution >= 0.6 is 0 Å². The number of likely N-dealkylation sites (tertiary alicyclic amines) is 1. The number of nitrogens with one attached hydrogen (secondary N) is 18. The lowest BCUT2D eigenvalue weighted by molar-refractivity contribution is -0.192. The molecule has 16 atom stereocenters. The Labute approximate surface area is 780 Å². The maximum atomic E-state index is 15.4. The van der Waals surface area contributed by atoms with Gasteiger partial charge in [-0.1, -0.05) is 125 Å². The van der Waals surface area contributed by atoms with Crippen molar-refractivity contribution in [1.82, 2.24) is 109 Å². The molecule has 1 saturated heterocycles. The normalized spacial score (nSPS) is 15.7. The summed E-state index contributed by atoms with van der Waals surface area (Å²) in [6, 6.07) is -6.59. The maximum Gasteiger partial charge on any atom is 0.490 e. The van der Waals surface area contributed by atoms with Crippen molar-refractivity contribution >= 4 is 112 Å². The van der Waals surface area contributed by atoms with E-state index >= 15 is 28.8 Å². The zero-order valence-corrected chi connectivity index (χ0v) is 77.2. The highest BCUT2D eigenvalue weighted by Gasteiger charge is 2.44. The Bertz CT molecular complexity index is 4860. The number of rotatable bonds is 53. The lowest BCUT2D eigenvalue weighted by Gasteiger charge is -2.32. The lowest BCUT2D eigenvalue weighted by Crippen LogP contribution is -2.62. The monoisotopic (exact) mass is 1910 g/mol. The molecule has 0 saturated carbocycles. The van der Waals surface area contributed by atoms with Crippen LogP contribution in [0.15, 0.2) is 92.2 Å². The smallest absolute Gasteiger partial charge is 0.490 e. The molecule has 46 nitrogen and oxygen atoms in total. The molecule has 0 unspecified atom stereocenters. The number of nitrogens with two attached hydrogens (primary N) is 2. The molecular weight excluding hydrogens is 1790 g/mol. The van der Waals surface area contributed by atoms with E-state index in [1.54, 1.807) is 99.6 Å². The Kier molecular flexibility index (Phi) is 44.9. The molecule has 1 fully saturated rings. The van der Waals surface area contributed by atoms with Crippen molar-refractivity contribution in [2.75, 3.05) is 13.1 Å². The van der Waals surface area contributed by atoms with Crippen molar-refractivity contribution in [2.45, 2.75) is 257 Å². The van der Waals surface area contributed by atoms with Gasteiger partial charge in [0, 0.05) is 87.8 Å². The van der Waals surface area contributed by atoms with Gasteiger partial charge in [-0.05, 0) is 85.0 Å². The molecule has 1 aliphatic heterocycles. The van der Waals surface area contributed by atoms with Gasteiger partial charge in [0.25, 0.3) is 0 Å². The number of benzene rings is 2. The topological polar surface area (TPSA) is 722 Å². The number of aliphatic carboxylic acids is 3. The number of guanidine groups is 1. The molecule has 0 bridgehead atoms. The summed E-state index contributed by atoms with van der Waals surface area (Å²) in [6.07, 6.45) is 1.02. The van der Waals surface area contributed by atoms with Gasteiger partial charge in [-0.25, -0.2) is 24.5 Å². The Morgan fingerprint density at radius 2 is 0.860 bits per heavy atom. The molecule has 0 aliphatic carbocycles. The first-order valence-electron chi connectivity index (χ1n) is 44.1. The van der Waals surface area contributed by atoms with E-state index in [1.807, 2.05) is 0 Å². The van der Waals surface area contributed by atoms with E-state index in [1.165, 1.54) is 66.7 Å². The predicted octanol–water partition coefficient (Wildman–Crippen LogP) is -1.83. The van der Waals surface area contributed by atoms with E-state index in [0.717, 1.165) is 6.92 Å². The van der Waals surface area contributed by atoms with Crippen LogP contribution in [-0.4, -0.2) is 272 Å². The summed E-state index contributed by atoms with van der Waals surface area (Å²) in [6.45, 7) is 17.8. The van der Waals surface area contributed by atoms with Crippen LogP contribution in [0, 0.1) is 35.0 Å². The molecule has 0 radical (unpaired) electrons. The van der Waals surface area contributed by atoms with Crippen molar-refractivity contribution in [2.24, 2.45) is 41.1 Å². The van der Waals surface area contributed by atoms with Crippen LogP contribution < -0.4 is 85.9 Å². The average molecular weight is 1920 g/mol. The van der Waals surface area contributed by atoms with E-state index < -0.39 is 240 Å². The number of H-pyrrole nitrogens is 3. The van der Waals surface area contributed by atoms with Crippen LogP contribution in [0.2, 0.25) is 0 Å². The number of phenols is 1. The van der Waals surface area contributed by atoms with Crippen molar-refractivity contribution < 1.29 is 120 Å². The molecule has 49 heteroatoms. The number of carboxylic acid groups (broad SMARTS) is 3. The number of hydrogen-bond donors (Lipinski definition) is 24. The maximum absolute atomic E-state index is 15.4. The molecule has 1 aliphatic rings. The fourth-order valence-corrected chi connectivity index (χ4v) is 14.3. The highest BCUT2D eigenvalue weighted by molar-refractivity contribution is 6.01. The summed E-state index contributed by atoms with van der Waals surface area (Å²) in [5.41, 5.74) is 12.7. The number of carbonyl (C=O) groups excluding carboxylic acids is 15. The minimum atomic E-state index is -5.08. The summed E-state index contributed by atoms with van der Waals surface area (Å²) < 4.78 is 31.7. The fourth-order valence-electron chi connectivity index (χ4n) is 14.3. The zero-order valence-electron chi connectivity index (χ0n) is 77.2. The Morgan fingerprint density at radius 3 is 1.29 bits per heavy atom. The van der Waals surface area contributed by atoms with Crippen LogP contribution in [-0.2, 0) is 118 Å². The first-order chi connectivity index (χ1) is 64.0. The number of phenolic OH excluding ortho intramolecular Hbond substituents is 1. The highest BCUT2D eigenvalue weighted by Crippen LogP contribution is 2.24. The number of aromatic hydroxyl groups is 1. The van der Waals surface area contributed by atoms with Crippen molar-refractivity contribution in [3.8, 4) is 5.75 Å². The van der Waals surface area contributed by atoms with Crippen LogP contribution in [0.25, 0.3) is 0 Å². The molecule has 746 valence electrons. The Morgan fingerprint density at radius 1 is 0.478 bits per heavy atom. The third kappa shape index (κ3) is 37.4. The molecule has 136 heavy (non-hydrogen) atoms. The number of halogens is 3. The van der Waals surface area contributed by atoms with Gasteiger partial charge in [0.15, 0.2) is 5.96 Å². The van der Waals surface area contributed by atoms with Gasteiger partial charge >= 0.3 is 24.1 Å². The molecular formula is C87H125F3N24O22. The number of carbonyl (C=O) groups is 18. The lowest BCUT2D eigenvalue weighted by atomic mass is 9.95. The van der Waals surface area contributed by atoms with Gasteiger partial charge in [0.2, 0.25) is 88.6 Å². The van der Waals surface area contributed by atoms with E-state index in [0.29, 0.717) is 34.6 Å². The number of hydrogen-bond acceptors (Lipinski definition) is 23. The number of alkyl halides is 3. The molecule has 6 rings (SSSR count). The number of carboxylic acids is 3. The standard InChI is InChI=1S/C85H124N24O20.C2HF3O2/c1-12-46(9)69(107-77(121)58(31-50-23-25-54(111)26-24-50)101-79(123)67(44(5)6)105-71(115)55(21-17-27-92-85(87)88)97-75(119)61(36-66(113)114)96-48(11)110)82(126)103-62(34-53-39-91-42-95-53)83(127)109-28-18-22-64(109)78(122)100-57(30-49-19-15-14-16-20-49)72(116)99-59(32-51-37-89-40-93-51)73(117)98-56(29-43(3)4)76(120)106-68(45(7)8)80(124)108-70(47(10)13-2)81(125)102-60(33-52-38-90-41-94-52)74(118)104-63(84(128)129)35-65(86)112;3-2(4,5)1(6)7/h14-16,19-20,23-26,37-47,55-64,67-70,111H,12-13,17-18,21-22,27-36H2,1-11H3,(H2,86,112)(H,89,93)(H,90,94)(H,91,95)(H,96,110)(H,97,119)(H,98,117)(H,99,116)(H,100,122)(H,101,123)(H,102,125)(H,103,126)(H,104,118)(H,105,115)(H,106,120)(H,107,121)(H,108,124)(H,113,114)(H,128,129)(H4,87,88,92);(H,6,7)/t46-,47-,55-,56-,57-,58-,59-,60-,61-,62-,63-,64-,67-,68-,69-,70-;/m0./s1. The van der Waals surface area contributed by atoms with Gasteiger partial charge in [-0.15, -0.1) is 0 Å². The van der Waals surface area contributed by atoms with E-state index in [9.17, 15) is 81.2 Å². The molecule has 4 heterocycles. The van der Waals surface area contributed by atoms with Crippen molar-refractivity contribution in [3.05, 3.63) is 120 Å². The summed E-state index contributed by atoms with van der Waals surface area (Å²) in [5, 5.41) is 81.2. The van der Waals surface area contributed by atoms with Gasteiger partial charge in [0.1, 0.15) is 90.3 Å². The number of imidazole rings is 3. The molecule has 15 amide bonds. The Balaban J connectivity index is 0.00000448. The first kappa shape index (κ1) is 112. The Hall–Kier alpha value is -14.6. The predicted molar refractivity (Wildman–Crippen MR) is 479 cm³/mol. The van der Waals surface area contributed by atoms with Crippen molar-refractivity contribution in [1.29, 1.82) is 5.41 Å². The van der Waals surface area contributed by atoms with E-state index in [4.69, 9.17) is 26.8 Å². The zero-order chi connectivity index (χ0) is 102. The summed E-state index contributed by atoms with van der Waals surface area (Å²) in [5.74, 6) is -22.8. The van der Waals surface area contributed by atoms with Crippen LogP contribution in [0.4, 0.5) is 13.2 Å². The molecule has 5 aromatic rings. The SMILES string of the molecule is CC[C@H](C)[C@H](NC(=O)[C@H](Cc1ccc(O)cc1)NC(=O)[C@@H](NC(=O)[C@H](CCCNC(=N)N)NC(=O)[C@H](CC(=O)O)NC(C)=O)C(C)C)C(=O)N[C@@H](Cc1cnc[nH]1)C(=O)N1CCC[C@H]1C(=O)N[C@@H](Cc1ccccc1)C(=O)N[C@@H](Cc1cnc[nH]1)C(=O)N[C@@H](CC(C)C)C(=O)N[C@H](C(=O)N[C@H](C(=O)N[C@@H](Cc1cnc[nH]1)C(=O)N[C@@H](CC(N)=O)C(=O)O)[C@@H](C)CC)C(C)C.O=C(O)C(F)(F)F. The van der Waals surface area contributed by atoms with Crippen LogP contribution in [0.1, 0.15) is 162 Å². The molecule has 2 aromatic carbocycles. The minimum Gasteiger partial charge on any atom is -0.508 e. The number of primary amides is 1. The number of nitrogens with zero attached hydrogens (tertiary/aromatic N) is 4. The number of aromatic amines is 3. The fraction of sp³-hybridized carbons (Fsp3) is 0.540. The second-order valence-corrected chi connectivity index (χ2v) is 34.1.